The molecule has 186 valence electrons. The summed E-state index contributed by atoms with van der Waals surface area (Å²) in [4.78, 5) is 27.5. The molecule has 0 spiro atoms. The molecule has 8 heteroatoms. The van der Waals surface area contributed by atoms with Crippen molar-refractivity contribution in [3.05, 3.63) is 82.5 Å². The zero-order valence-corrected chi connectivity index (χ0v) is 21.8. The number of anilines is 1. The summed E-state index contributed by atoms with van der Waals surface area (Å²) >= 11 is 7.60. The van der Waals surface area contributed by atoms with Crippen LogP contribution in [-0.2, 0) is 0 Å². The number of thiophene rings is 1. The SMILES string of the molecule is CCCCC(Oc1ccc(C(=O)c2ccc(Cl)cc2)cc1)N1CCN(c2ncnc3sccc23)CC1. The van der Waals surface area contributed by atoms with Crippen LogP contribution in [0.1, 0.15) is 42.1 Å². The van der Waals surface area contributed by atoms with E-state index in [9.17, 15) is 4.79 Å². The molecule has 0 aliphatic carbocycles. The van der Waals surface area contributed by atoms with Gasteiger partial charge in [0.2, 0.25) is 0 Å². The number of unbranched alkanes of at least 4 members (excludes halogenated alkanes) is 1. The number of piperazine rings is 1. The Morgan fingerprint density at radius 1 is 1.00 bits per heavy atom. The van der Waals surface area contributed by atoms with Gasteiger partial charge in [0.25, 0.3) is 0 Å². The monoisotopic (exact) mass is 520 g/mol. The van der Waals surface area contributed by atoms with Gasteiger partial charge in [0, 0.05) is 42.3 Å². The number of aromatic nitrogens is 2. The number of ketones is 1. The van der Waals surface area contributed by atoms with Gasteiger partial charge in [0.15, 0.2) is 12.0 Å². The zero-order valence-electron chi connectivity index (χ0n) is 20.3. The quantitative estimate of drug-likeness (QED) is 0.242. The lowest BCUT2D eigenvalue weighted by atomic mass is 10.0. The predicted molar refractivity (Wildman–Crippen MR) is 146 cm³/mol. The lowest BCUT2D eigenvalue weighted by Crippen LogP contribution is -2.52. The number of carbonyl (C=O) groups excluding carboxylic acids is 1. The molecule has 6 nitrogen and oxygen atoms in total. The minimum Gasteiger partial charge on any atom is -0.475 e. The number of nitrogens with zero attached hydrogens (tertiary/aromatic N) is 4. The number of hydrogen-bond donors (Lipinski definition) is 0. The van der Waals surface area contributed by atoms with Gasteiger partial charge in [-0.1, -0.05) is 24.9 Å². The maximum absolute atomic E-state index is 12.8. The first kappa shape index (κ1) is 24.7. The number of halogens is 1. The fourth-order valence-electron chi connectivity index (χ4n) is 4.56. The van der Waals surface area contributed by atoms with Crippen molar-refractivity contribution in [2.24, 2.45) is 0 Å². The Bertz CT molecular complexity index is 1300. The molecule has 0 bridgehead atoms. The molecule has 4 aromatic rings. The number of hydrogen-bond acceptors (Lipinski definition) is 7. The summed E-state index contributed by atoms with van der Waals surface area (Å²) in [7, 11) is 0. The van der Waals surface area contributed by atoms with Crippen molar-refractivity contribution in [1.82, 2.24) is 14.9 Å². The highest BCUT2D eigenvalue weighted by Gasteiger charge is 2.26. The number of ether oxygens (including phenoxy) is 1. The normalized spacial score (nSPS) is 15.2. The molecule has 36 heavy (non-hydrogen) atoms. The molecule has 1 aliphatic rings. The van der Waals surface area contributed by atoms with Crippen molar-refractivity contribution in [1.29, 1.82) is 0 Å². The molecule has 3 heterocycles. The first-order chi connectivity index (χ1) is 17.6. The van der Waals surface area contributed by atoms with Crippen molar-refractivity contribution >= 4 is 44.8 Å². The van der Waals surface area contributed by atoms with Crippen molar-refractivity contribution in [3.63, 3.8) is 0 Å². The van der Waals surface area contributed by atoms with Crippen LogP contribution in [0.25, 0.3) is 10.2 Å². The van der Waals surface area contributed by atoms with Crippen LogP contribution in [-0.4, -0.2) is 53.1 Å². The van der Waals surface area contributed by atoms with Gasteiger partial charge in [-0.3, -0.25) is 9.69 Å². The Morgan fingerprint density at radius 2 is 1.69 bits per heavy atom. The van der Waals surface area contributed by atoms with Gasteiger partial charge in [-0.05, 0) is 72.8 Å². The van der Waals surface area contributed by atoms with E-state index in [0.717, 1.165) is 67.2 Å². The smallest absolute Gasteiger partial charge is 0.193 e. The Labute approximate surface area is 220 Å². The van der Waals surface area contributed by atoms with Gasteiger partial charge in [0.1, 0.15) is 22.7 Å². The molecule has 0 N–H and O–H groups in total. The van der Waals surface area contributed by atoms with Crippen LogP contribution in [0.4, 0.5) is 5.82 Å². The largest absolute Gasteiger partial charge is 0.475 e. The molecule has 1 unspecified atom stereocenters. The van der Waals surface area contributed by atoms with Crippen LogP contribution < -0.4 is 9.64 Å². The highest BCUT2D eigenvalue weighted by atomic mass is 35.5. The molecule has 1 atom stereocenters. The second-order valence-corrected chi connectivity index (χ2v) is 10.3. The molecule has 1 fully saturated rings. The topological polar surface area (TPSA) is 58.6 Å². The third-order valence-corrected chi connectivity index (χ3v) is 7.63. The maximum atomic E-state index is 12.8. The average Bonchev–Trinajstić information content (AvgIpc) is 3.41. The zero-order chi connectivity index (χ0) is 24.9. The van der Waals surface area contributed by atoms with E-state index >= 15 is 0 Å². The number of rotatable bonds is 9. The second kappa shape index (κ2) is 11.4. The third kappa shape index (κ3) is 5.53. The van der Waals surface area contributed by atoms with Crippen molar-refractivity contribution in [2.45, 2.75) is 32.4 Å². The summed E-state index contributed by atoms with van der Waals surface area (Å²) in [6, 6.07) is 16.5. The fraction of sp³-hybridized carbons (Fsp3) is 0.321. The molecule has 5 rings (SSSR count). The van der Waals surface area contributed by atoms with Gasteiger partial charge in [-0.15, -0.1) is 11.3 Å². The first-order valence-corrected chi connectivity index (χ1v) is 13.6. The lowest BCUT2D eigenvalue weighted by Gasteiger charge is -2.39. The van der Waals surface area contributed by atoms with E-state index < -0.39 is 0 Å². The van der Waals surface area contributed by atoms with Crippen LogP contribution in [0, 0.1) is 0 Å². The molecular weight excluding hydrogens is 492 g/mol. The molecule has 2 aromatic carbocycles. The molecule has 0 saturated carbocycles. The molecule has 1 saturated heterocycles. The molecule has 2 aromatic heterocycles. The average molecular weight is 521 g/mol. The van der Waals surface area contributed by atoms with Gasteiger partial charge in [-0.25, -0.2) is 9.97 Å². The summed E-state index contributed by atoms with van der Waals surface area (Å²) in [5.74, 6) is 1.77. The van der Waals surface area contributed by atoms with Gasteiger partial charge in [0.05, 0.1) is 5.39 Å². The Balaban J connectivity index is 1.24. The fourth-order valence-corrected chi connectivity index (χ4v) is 5.41. The highest BCUT2D eigenvalue weighted by molar-refractivity contribution is 7.16. The lowest BCUT2D eigenvalue weighted by molar-refractivity contribution is 0.0134. The number of carbonyl (C=O) groups is 1. The van der Waals surface area contributed by atoms with E-state index in [2.05, 4.69) is 38.1 Å². The summed E-state index contributed by atoms with van der Waals surface area (Å²) in [6.45, 7) is 5.78. The molecule has 0 amide bonds. The van der Waals surface area contributed by atoms with Crippen LogP contribution in [0.3, 0.4) is 0 Å². The second-order valence-electron chi connectivity index (χ2n) is 8.93. The Kier molecular flexibility index (Phi) is 7.80. The van der Waals surface area contributed by atoms with Crippen molar-refractivity contribution in [3.8, 4) is 5.75 Å². The van der Waals surface area contributed by atoms with E-state index in [1.165, 1.54) is 0 Å². The van der Waals surface area contributed by atoms with Crippen LogP contribution in [0.15, 0.2) is 66.3 Å². The van der Waals surface area contributed by atoms with Gasteiger partial charge < -0.3 is 9.64 Å². The molecular formula is C28H29ClN4O2S. The summed E-state index contributed by atoms with van der Waals surface area (Å²) < 4.78 is 6.47. The third-order valence-electron chi connectivity index (χ3n) is 6.56. The van der Waals surface area contributed by atoms with E-state index in [1.807, 2.05) is 24.3 Å². The standard InChI is InChI=1S/C28H29ClN4O2S/c1-2-3-4-25(32-14-16-33(17-15-32)27-24-13-18-36-28(24)31-19-30-27)35-23-11-7-21(8-12-23)26(34)20-5-9-22(29)10-6-20/h5-13,18-19,25H,2-4,14-17H2,1H3. The van der Waals surface area contributed by atoms with Crippen LogP contribution >= 0.6 is 22.9 Å². The Hall–Kier alpha value is -3.00. The van der Waals surface area contributed by atoms with Gasteiger partial charge >= 0.3 is 0 Å². The minimum atomic E-state index is -0.0266. The summed E-state index contributed by atoms with van der Waals surface area (Å²) in [6.07, 6.45) is 4.83. The summed E-state index contributed by atoms with van der Waals surface area (Å²) in [5, 5.41) is 3.82. The van der Waals surface area contributed by atoms with E-state index in [1.54, 1.807) is 41.9 Å². The van der Waals surface area contributed by atoms with Gasteiger partial charge in [-0.2, -0.15) is 0 Å². The number of benzene rings is 2. The molecule has 1 aliphatic heterocycles. The predicted octanol–water partition coefficient (Wildman–Crippen LogP) is 6.29. The van der Waals surface area contributed by atoms with Crippen molar-refractivity contribution in [2.75, 3.05) is 31.1 Å². The van der Waals surface area contributed by atoms with Crippen molar-refractivity contribution < 1.29 is 9.53 Å². The molecule has 0 radical (unpaired) electrons. The van der Waals surface area contributed by atoms with Crippen LogP contribution in [0.5, 0.6) is 5.75 Å². The van der Waals surface area contributed by atoms with E-state index in [-0.39, 0.29) is 12.0 Å². The minimum absolute atomic E-state index is 0.00326. The Morgan fingerprint density at radius 3 is 2.39 bits per heavy atom. The maximum Gasteiger partial charge on any atom is 0.193 e. The number of fused-ring (bicyclic) bond motifs is 1. The highest BCUT2D eigenvalue weighted by Crippen LogP contribution is 2.28. The van der Waals surface area contributed by atoms with E-state index in [0.29, 0.717) is 16.1 Å². The first-order valence-electron chi connectivity index (χ1n) is 12.4. The summed E-state index contributed by atoms with van der Waals surface area (Å²) in [5.41, 5.74) is 1.25. The van der Waals surface area contributed by atoms with E-state index in [4.69, 9.17) is 16.3 Å². The van der Waals surface area contributed by atoms with Crippen LogP contribution in [0.2, 0.25) is 5.02 Å².